The molecule has 0 bridgehead atoms. The molecule has 0 amide bonds. The van der Waals surface area contributed by atoms with Gasteiger partial charge in [0.25, 0.3) is 0 Å². The molecule has 2 aromatic rings. The fourth-order valence-electron chi connectivity index (χ4n) is 1.71. The van der Waals surface area contributed by atoms with Gasteiger partial charge < -0.3 is 9.84 Å². The molecule has 0 spiro atoms. The van der Waals surface area contributed by atoms with Gasteiger partial charge in [-0.05, 0) is 24.6 Å². The number of rotatable bonds is 6. The molecule has 0 aliphatic rings. The third-order valence-electron chi connectivity index (χ3n) is 2.68. The lowest BCUT2D eigenvalue weighted by Gasteiger charge is -2.09. The van der Waals surface area contributed by atoms with E-state index < -0.39 is 0 Å². The van der Waals surface area contributed by atoms with Crippen LogP contribution in [0.1, 0.15) is 30.9 Å². The number of aromatic nitrogens is 1. The molecule has 2 rings (SSSR count). The quantitative estimate of drug-likeness (QED) is 0.815. The average molecular weight is 276 g/mol. The van der Waals surface area contributed by atoms with Gasteiger partial charge in [0, 0.05) is 29.3 Å². The van der Waals surface area contributed by atoms with Crippen LogP contribution in [0.25, 0.3) is 0 Å². The largest absolute Gasteiger partial charge is 0.361 e. The second-order valence-corrected chi connectivity index (χ2v) is 5.95. The molecule has 1 heterocycles. The van der Waals surface area contributed by atoms with Crippen LogP contribution >= 0.6 is 11.8 Å². The highest BCUT2D eigenvalue weighted by Crippen LogP contribution is 2.23. The van der Waals surface area contributed by atoms with Gasteiger partial charge in [-0.1, -0.05) is 31.1 Å². The first kappa shape index (κ1) is 14.2. The van der Waals surface area contributed by atoms with E-state index in [0.29, 0.717) is 6.04 Å². The molecule has 1 aromatic carbocycles. The molecule has 0 aliphatic carbocycles. The lowest BCUT2D eigenvalue weighted by Crippen LogP contribution is -2.21. The van der Waals surface area contributed by atoms with Crippen LogP contribution in [0.5, 0.6) is 0 Å². The Hall–Kier alpha value is -1.26. The molecular formula is C15H20N2OS. The lowest BCUT2D eigenvalue weighted by molar-refractivity contribution is 0.393. The van der Waals surface area contributed by atoms with Crippen LogP contribution in [0.2, 0.25) is 0 Å². The molecule has 0 aliphatic heterocycles. The maximum Gasteiger partial charge on any atom is 0.133 e. The maximum atomic E-state index is 5.07. The first-order chi connectivity index (χ1) is 9.13. The minimum atomic E-state index is 0.509. The SMILES string of the molecule is Cc1cc(CSc2cccc(CNC(C)C)c2)no1. The molecule has 0 radical (unpaired) electrons. The van der Waals surface area contributed by atoms with Crippen LogP contribution in [-0.2, 0) is 12.3 Å². The van der Waals surface area contributed by atoms with Crippen LogP contribution in [-0.4, -0.2) is 11.2 Å². The molecule has 0 atom stereocenters. The standard InChI is InChI=1S/C15H20N2OS/c1-11(2)16-9-13-5-4-6-15(8-13)19-10-14-7-12(3)18-17-14/h4-8,11,16H,9-10H2,1-3H3. The maximum absolute atomic E-state index is 5.07. The molecular weight excluding hydrogens is 256 g/mol. The zero-order valence-corrected chi connectivity index (χ0v) is 12.5. The summed E-state index contributed by atoms with van der Waals surface area (Å²) in [6.45, 7) is 7.14. The summed E-state index contributed by atoms with van der Waals surface area (Å²) >= 11 is 1.78. The van der Waals surface area contributed by atoms with Crippen molar-refractivity contribution in [3.63, 3.8) is 0 Å². The second-order valence-electron chi connectivity index (χ2n) is 4.90. The van der Waals surface area contributed by atoms with E-state index in [-0.39, 0.29) is 0 Å². The number of hydrogen-bond acceptors (Lipinski definition) is 4. The summed E-state index contributed by atoms with van der Waals surface area (Å²) in [5.74, 6) is 1.71. The van der Waals surface area contributed by atoms with Crippen LogP contribution in [0.3, 0.4) is 0 Å². The van der Waals surface area contributed by atoms with Crippen molar-refractivity contribution < 1.29 is 4.52 Å². The van der Waals surface area contributed by atoms with Crippen molar-refractivity contribution >= 4 is 11.8 Å². The van der Waals surface area contributed by atoms with Gasteiger partial charge in [0.1, 0.15) is 5.76 Å². The average Bonchev–Trinajstić information content (AvgIpc) is 2.80. The van der Waals surface area contributed by atoms with Crippen molar-refractivity contribution in [1.29, 1.82) is 0 Å². The lowest BCUT2D eigenvalue weighted by atomic mass is 10.2. The number of hydrogen-bond donors (Lipinski definition) is 1. The molecule has 1 aromatic heterocycles. The van der Waals surface area contributed by atoms with Gasteiger partial charge in [-0.2, -0.15) is 0 Å². The minimum absolute atomic E-state index is 0.509. The van der Waals surface area contributed by atoms with Gasteiger partial charge in [0.15, 0.2) is 0 Å². The fourth-order valence-corrected chi connectivity index (χ4v) is 2.57. The Bertz CT molecular complexity index is 522. The molecule has 102 valence electrons. The second kappa shape index (κ2) is 6.78. The number of nitrogens with zero attached hydrogens (tertiary/aromatic N) is 1. The predicted octanol–water partition coefficient (Wildman–Crippen LogP) is 3.77. The zero-order chi connectivity index (χ0) is 13.7. The summed E-state index contributed by atoms with van der Waals surface area (Å²) < 4.78 is 5.07. The first-order valence-corrected chi connectivity index (χ1v) is 7.49. The molecule has 0 saturated carbocycles. The number of thioether (sulfide) groups is 1. The summed E-state index contributed by atoms with van der Waals surface area (Å²) in [6, 6.07) is 11.1. The Labute approximate surface area is 118 Å². The highest BCUT2D eigenvalue weighted by atomic mass is 32.2. The van der Waals surface area contributed by atoms with E-state index in [1.54, 1.807) is 11.8 Å². The van der Waals surface area contributed by atoms with Crippen LogP contribution in [0, 0.1) is 6.92 Å². The van der Waals surface area contributed by atoms with Crippen molar-refractivity contribution in [3.8, 4) is 0 Å². The third-order valence-corrected chi connectivity index (χ3v) is 3.70. The van der Waals surface area contributed by atoms with Crippen LogP contribution < -0.4 is 5.32 Å². The summed E-state index contributed by atoms with van der Waals surface area (Å²) in [7, 11) is 0. The van der Waals surface area contributed by atoms with E-state index in [1.165, 1.54) is 10.5 Å². The van der Waals surface area contributed by atoms with Crippen molar-refractivity contribution in [2.45, 2.75) is 44.0 Å². The topological polar surface area (TPSA) is 38.1 Å². The van der Waals surface area contributed by atoms with E-state index in [4.69, 9.17) is 4.52 Å². The van der Waals surface area contributed by atoms with Gasteiger partial charge in [0.05, 0.1) is 5.69 Å². The fraction of sp³-hybridized carbons (Fsp3) is 0.400. The van der Waals surface area contributed by atoms with E-state index in [0.717, 1.165) is 23.8 Å². The number of benzene rings is 1. The van der Waals surface area contributed by atoms with Gasteiger partial charge in [-0.25, -0.2) is 0 Å². The van der Waals surface area contributed by atoms with Gasteiger partial charge in [-0.15, -0.1) is 11.8 Å². The molecule has 0 unspecified atom stereocenters. The molecule has 1 N–H and O–H groups in total. The monoisotopic (exact) mass is 276 g/mol. The summed E-state index contributed by atoms with van der Waals surface area (Å²) in [4.78, 5) is 1.27. The molecule has 3 nitrogen and oxygen atoms in total. The summed E-state index contributed by atoms with van der Waals surface area (Å²) in [5, 5.41) is 7.43. The van der Waals surface area contributed by atoms with Gasteiger partial charge in [-0.3, -0.25) is 0 Å². The number of nitrogens with one attached hydrogen (secondary N) is 1. The third kappa shape index (κ3) is 4.73. The smallest absolute Gasteiger partial charge is 0.133 e. The van der Waals surface area contributed by atoms with Crippen molar-refractivity contribution in [1.82, 2.24) is 10.5 Å². The Kier molecular flexibility index (Phi) is 5.05. The first-order valence-electron chi connectivity index (χ1n) is 6.51. The van der Waals surface area contributed by atoms with Crippen molar-refractivity contribution in [2.24, 2.45) is 0 Å². The molecule has 19 heavy (non-hydrogen) atoms. The Morgan fingerprint density at radius 2 is 2.16 bits per heavy atom. The minimum Gasteiger partial charge on any atom is -0.361 e. The Balaban J connectivity index is 1.91. The summed E-state index contributed by atoms with van der Waals surface area (Å²) in [6.07, 6.45) is 0. The van der Waals surface area contributed by atoms with E-state index in [9.17, 15) is 0 Å². The van der Waals surface area contributed by atoms with Gasteiger partial charge >= 0.3 is 0 Å². The number of aryl methyl sites for hydroxylation is 1. The van der Waals surface area contributed by atoms with Crippen LogP contribution in [0.4, 0.5) is 0 Å². The van der Waals surface area contributed by atoms with E-state index in [2.05, 4.69) is 48.6 Å². The highest BCUT2D eigenvalue weighted by Gasteiger charge is 2.03. The Morgan fingerprint density at radius 1 is 1.32 bits per heavy atom. The van der Waals surface area contributed by atoms with E-state index >= 15 is 0 Å². The Morgan fingerprint density at radius 3 is 2.84 bits per heavy atom. The molecule has 4 heteroatoms. The van der Waals surface area contributed by atoms with E-state index in [1.807, 2.05) is 13.0 Å². The van der Waals surface area contributed by atoms with Crippen LogP contribution in [0.15, 0.2) is 39.8 Å². The highest BCUT2D eigenvalue weighted by molar-refractivity contribution is 7.98. The van der Waals surface area contributed by atoms with Crippen molar-refractivity contribution in [2.75, 3.05) is 0 Å². The normalized spacial score (nSPS) is 11.2. The van der Waals surface area contributed by atoms with Gasteiger partial charge in [0.2, 0.25) is 0 Å². The predicted molar refractivity (Wildman–Crippen MR) is 79.2 cm³/mol. The molecule has 0 fully saturated rings. The summed E-state index contributed by atoms with van der Waals surface area (Å²) in [5.41, 5.74) is 2.31. The zero-order valence-electron chi connectivity index (χ0n) is 11.6. The molecule has 0 saturated heterocycles. The van der Waals surface area contributed by atoms with Crippen molar-refractivity contribution in [3.05, 3.63) is 47.3 Å².